The van der Waals surface area contributed by atoms with E-state index >= 15 is 0 Å². The van der Waals surface area contributed by atoms with Crippen molar-refractivity contribution in [1.29, 1.82) is 0 Å². The van der Waals surface area contributed by atoms with E-state index in [1.165, 1.54) is 57.8 Å². The number of aliphatic hydroxyl groups is 1. The fourth-order valence-electron chi connectivity index (χ4n) is 3.96. The van der Waals surface area contributed by atoms with Gasteiger partial charge in [0.15, 0.2) is 0 Å². The van der Waals surface area contributed by atoms with Crippen LogP contribution in [-0.4, -0.2) is 36.5 Å². The number of ether oxygens (including phenoxy) is 3. The van der Waals surface area contributed by atoms with E-state index in [1.807, 2.05) is 31.2 Å². The molecule has 1 aromatic rings. The van der Waals surface area contributed by atoms with Crippen LogP contribution in [0.15, 0.2) is 24.3 Å². The Labute approximate surface area is 214 Å². The number of hydrogen-bond acceptors (Lipinski definition) is 5. The Kier molecular flexibility index (Phi) is 19.5. The number of hydrogen-bond donors (Lipinski definition) is 1. The Hall–Kier alpha value is -1.59. The van der Waals surface area contributed by atoms with Gasteiger partial charge in [-0.15, -0.1) is 0 Å². The smallest absolute Gasteiger partial charge is 0.306 e. The first kappa shape index (κ1) is 31.4. The normalized spacial score (nSPS) is 12.9. The first-order chi connectivity index (χ1) is 17.0. The van der Waals surface area contributed by atoms with Gasteiger partial charge in [-0.1, -0.05) is 83.3 Å². The van der Waals surface area contributed by atoms with E-state index in [2.05, 4.69) is 6.92 Å². The first-order valence-corrected chi connectivity index (χ1v) is 14.2. The number of esters is 1. The quantitative estimate of drug-likeness (QED) is 0.125. The number of carbonyl (C=O) groups excluding carboxylic acids is 1. The summed E-state index contributed by atoms with van der Waals surface area (Å²) in [6.45, 7) is 7.68. The van der Waals surface area contributed by atoms with Crippen molar-refractivity contribution in [2.24, 2.45) is 0 Å². The molecule has 5 heteroatoms. The minimum Gasteiger partial charge on any atom is -0.494 e. The molecule has 1 N–H and O–H groups in total. The van der Waals surface area contributed by atoms with E-state index in [-0.39, 0.29) is 18.2 Å². The summed E-state index contributed by atoms with van der Waals surface area (Å²) in [5.74, 6) is 0.763. The van der Waals surface area contributed by atoms with Crippen molar-refractivity contribution in [1.82, 2.24) is 0 Å². The van der Waals surface area contributed by atoms with E-state index in [4.69, 9.17) is 14.2 Å². The Morgan fingerprint density at radius 2 is 1.40 bits per heavy atom. The Morgan fingerprint density at radius 3 is 2.00 bits per heavy atom. The molecular weight excluding hydrogens is 440 g/mol. The van der Waals surface area contributed by atoms with Crippen LogP contribution in [0, 0.1) is 0 Å². The van der Waals surface area contributed by atoms with Gasteiger partial charge in [-0.3, -0.25) is 4.79 Å². The molecule has 0 saturated carbocycles. The predicted octanol–water partition coefficient (Wildman–Crippen LogP) is 7.77. The lowest BCUT2D eigenvalue weighted by atomic mass is 10.1. The van der Waals surface area contributed by atoms with Gasteiger partial charge in [0, 0.05) is 13.0 Å². The maximum absolute atomic E-state index is 12.1. The van der Waals surface area contributed by atoms with Gasteiger partial charge in [0.2, 0.25) is 0 Å². The van der Waals surface area contributed by atoms with Crippen LogP contribution >= 0.6 is 0 Å². The highest BCUT2D eigenvalue weighted by Crippen LogP contribution is 2.15. The van der Waals surface area contributed by atoms with Crippen molar-refractivity contribution in [3.8, 4) is 5.75 Å². The van der Waals surface area contributed by atoms with Crippen molar-refractivity contribution in [2.45, 2.75) is 136 Å². The standard InChI is InChI=1S/C30H52O5/c1-4-5-6-7-8-9-10-11-12-13-14-17-30(32)35-27(3)16-15-23-34-29-20-18-28(19-21-29)25-33-24-22-26(2)31/h18-21,26-27,31H,4-17,22-25H2,1-3H3. The lowest BCUT2D eigenvalue weighted by Crippen LogP contribution is -2.15. The van der Waals surface area contributed by atoms with Crippen LogP contribution in [-0.2, 0) is 20.9 Å². The monoisotopic (exact) mass is 492 g/mol. The molecule has 0 aliphatic rings. The molecule has 1 aromatic carbocycles. The molecule has 0 aliphatic carbocycles. The average molecular weight is 493 g/mol. The van der Waals surface area contributed by atoms with Gasteiger partial charge in [-0.25, -0.2) is 0 Å². The number of benzene rings is 1. The van der Waals surface area contributed by atoms with Gasteiger partial charge in [0.25, 0.3) is 0 Å². The topological polar surface area (TPSA) is 65.0 Å². The van der Waals surface area contributed by atoms with Crippen molar-refractivity contribution in [3.63, 3.8) is 0 Å². The molecule has 0 bridgehead atoms. The van der Waals surface area contributed by atoms with Crippen LogP contribution in [0.2, 0.25) is 0 Å². The zero-order valence-electron chi connectivity index (χ0n) is 22.8. The van der Waals surface area contributed by atoms with Crippen molar-refractivity contribution in [3.05, 3.63) is 29.8 Å². The van der Waals surface area contributed by atoms with Crippen LogP contribution < -0.4 is 4.74 Å². The summed E-state index contributed by atoms with van der Waals surface area (Å²) in [5.41, 5.74) is 1.08. The third kappa shape index (κ3) is 19.3. The SMILES string of the molecule is CCCCCCCCCCCCCC(=O)OC(C)CCCOc1ccc(COCCC(C)O)cc1. The molecule has 0 heterocycles. The summed E-state index contributed by atoms with van der Waals surface area (Å²) in [5, 5.41) is 9.24. The fraction of sp³-hybridized carbons (Fsp3) is 0.767. The summed E-state index contributed by atoms with van der Waals surface area (Å²) in [4.78, 5) is 12.1. The van der Waals surface area contributed by atoms with Gasteiger partial charge >= 0.3 is 5.97 Å². The minimum absolute atomic E-state index is 0.0689. The predicted molar refractivity (Wildman–Crippen MR) is 144 cm³/mol. The molecule has 1 rings (SSSR count). The highest BCUT2D eigenvalue weighted by molar-refractivity contribution is 5.69. The number of rotatable bonds is 23. The lowest BCUT2D eigenvalue weighted by molar-refractivity contribution is -0.148. The van der Waals surface area contributed by atoms with E-state index in [0.29, 0.717) is 32.7 Å². The molecule has 202 valence electrons. The van der Waals surface area contributed by atoms with Crippen molar-refractivity contribution < 1.29 is 24.1 Å². The summed E-state index contributed by atoms with van der Waals surface area (Å²) in [6.07, 6.45) is 16.6. The van der Waals surface area contributed by atoms with E-state index in [9.17, 15) is 9.90 Å². The molecule has 0 aromatic heterocycles. The molecule has 0 amide bonds. The Bertz CT molecular complexity index is 614. The Morgan fingerprint density at radius 1 is 0.800 bits per heavy atom. The van der Waals surface area contributed by atoms with Crippen LogP contribution in [0.3, 0.4) is 0 Å². The van der Waals surface area contributed by atoms with Gasteiger partial charge in [-0.2, -0.15) is 0 Å². The van der Waals surface area contributed by atoms with Crippen molar-refractivity contribution in [2.75, 3.05) is 13.2 Å². The van der Waals surface area contributed by atoms with E-state index < -0.39 is 0 Å². The fourth-order valence-corrected chi connectivity index (χ4v) is 3.96. The third-order valence-electron chi connectivity index (χ3n) is 6.21. The van der Waals surface area contributed by atoms with Crippen LogP contribution in [0.25, 0.3) is 0 Å². The maximum Gasteiger partial charge on any atom is 0.306 e. The maximum atomic E-state index is 12.1. The largest absolute Gasteiger partial charge is 0.494 e. The Balaban J connectivity index is 1.97. The summed E-state index contributed by atoms with van der Waals surface area (Å²) < 4.78 is 16.9. The highest BCUT2D eigenvalue weighted by atomic mass is 16.5. The molecule has 0 spiro atoms. The molecule has 0 saturated heterocycles. The second-order valence-electron chi connectivity index (χ2n) is 9.91. The number of carbonyl (C=O) groups is 1. The van der Waals surface area contributed by atoms with E-state index in [1.54, 1.807) is 6.92 Å². The lowest BCUT2D eigenvalue weighted by Gasteiger charge is -2.14. The van der Waals surface area contributed by atoms with E-state index in [0.717, 1.165) is 37.0 Å². The van der Waals surface area contributed by atoms with Gasteiger partial charge in [0.1, 0.15) is 5.75 Å². The second-order valence-corrected chi connectivity index (χ2v) is 9.91. The average Bonchev–Trinajstić information content (AvgIpc) is 2.83. The highest BCUT2D eigenvalue weighted by Gasteiger charge is 2.09. The molecule has 0 aliphatic heterocycles. The first-order valence-electron chi connectivity index (χ1n) is 14.2. The van der Waals surface area contributed by atoms with Crippen LogP contribution in [0.4, 0.5) is 0 Å². The van der Waals surface area contributed by atoms with Crippen LogP contribution in [0.5, 0.6) is 5.75 Å². The second kappa shape index (κ2) is 21.7. The molecule has 2 atom stereocenters. The molecule has 35 heavy (non-hydrogen) atoms. The van der Waals surface area contributed by atoms with Crippen LogP contribution in [0.1, 0.15) is 123 Å². The van der Waals surface area contributed by atoms with Gasteiger partial charge in [-0.05, 0) is 57.2 Å². The molecule has 0 radical (unpaired) electrons. The number of aliphatic hydroxyl groups excluding tert-OH is 1. The zero-order valence-corrected chi connectivity index (χ0v) is 22.8. The summed E-state index contributed by atoms with van der Waals surface area (Å²) in [6, 6.07) is 7.89. The summed E-state index contributed by atoms with van der Waals surface area (Å²) in [7, 11) is 0. The molecule has 5 nitrogen and oxygen atoms in total. The van der Waals surface area contributed by atoms with Gasteiger partial charge < -0.3 is 19.3 Å². The molecular formula is C30H52O5. The van der Waals surface area contributed by atoms with Gasteiger partial charge in [0.05, 0.1) is 25.4 Å². The summed E-state index contributed by atoms with van der Waals surface area (Å²) >= 11 is 0. The zero-order chi connectivity index (χ0) is 25.6. The molecule has 2 unspecified atom stereocenters. The third-order valence-corrected chi connectivity index (χ3v) is 6.21. The minimum atomic E-state index is -0.327. The number of unbranched alkanes of at least 4 members (excludes halogenated alkanes) is 10. The van der Waals surface area contributed by atoms with Crippen molar-refractivity contribution >= 4 is 5.97 Å². The molecule has 0 fully saturated rings.